The molecule has 0 saturated carbocycles. The maximum Gasteiger partial charge on any atom is 0.418 e. The van der Waals surface area contributed by atoms with Gasteiger partial charge in [-0.1, -0.05) is 17.7 Å². The SMILES string of the molecule is O=C(Cc1cccnc1)CC(c1cc(F)cc(Cl)c1)c1ncccc1C(F)(F)F. The van der Waals surface area contributed by atoms with Crippen molar-refractivity contribution in [3.8, 4) is 0 Å². The monoisotopic (exact) mass is 422 g/mol. The number of carbonyl (C=O) groups is 1. The van der Waals surface area contributed by atoms with Crippen LogP contribution in [0.3, 0.4) is 0 Å². The van der Waals surface area contributed by atoms with E-state index in [9.17, 15) is 22.4 Å². The third-order valence-electron chi connectivity index (χ3n) is 4.32. The summed E-state index contributed by atoms with van der Waals surface area (Å²) >= 11 is 5.90. The van der Waals surface area contributed by atoms with E-state index in [2.05, 4.69) is 9.97 Å². The minimum Gasteiger partial charge on any atom is -0.299 e. The Bertz CT molecular complexity index is 989. The highest BCUT2D eigenvalue weighted by atomic mass is 35.5. The normalized spacial score (nSPS) is 12.6. The number of benzene rings is 1. The summed E-state index contributed by atoms with van der Waals surface area (Å²) in [5, 5.41) is 0.0224. The first-order valence-electron chi connectivity index (χ1n) is 8.62. The van der Waals surface area contributed by atoms with Crippen LogP contribution in [0.1, 0.15) is 34.7 Å². The first kappa shape index (κ1) is 20.9. The zero-order valence-electron chi connectivity index (χ0n) is 15.0. The highest BCUT2D eigenvalue weighted by Gasteiger charge is 2.37. The highest BCUT2D eigenvalue weighted by molar-refractivity contribution is 6.30. The number of hydrogen-bond acceptors (Lipinski definition) is 3. The van der Waals surface area contributed by atoms with Gasteiger partial charge in [0.15, 0.2) is 0 Å². The molecule has 3 rings (SSSR count). The average Bonchev–Trinajstić information content (AvgIpc) is 2.65. The number of alkyl halides is 3. The molecule has 1 atom stereocenters. The first-order chi connectivity index (χ1) is 13.7. The smallest absolute Gasteiger partial charge is 0.299 e. The van der Waals surface area contributed by atoms with Crippen molar-refractivity contribution in [1.29, 1.82) is 0 Å². The molecule has 0 aliphatic carbocycles. The van der Waals surface area contributed by atoms with Crippen LogP contribution < -0.4 is 0 Å². The van der Waals surface area contributed by atoms with Gasteiger partial charge in [-0.2, -0.15) is 13.2 Å². The van der Waals surface area contributed by atoms with Gasteiger partial charge in [-0.15, -0.1) is 0 Å². The summed E-state index contributed by atoms with van der Waals surface area (Å²) in [4.78, 5) is 20.5. The Morgan fingerprint density at radius 1 is 1.10 bits per heavy atom. The molecule has 0 radical (unpaired) electrons. The van der Waals surface area contributed by atoms with Crippen molar-refractivity contribution in [1.82, 2.24) is 9.97 Å². The van der Waals surface area contributed by atoms with Crippen LogP contribution >= 0.6 is 11.6 Å². The lowest BCUT2D eigenvalue weighted by molar-refractivity contribution is -0.138. The Hall–Kier alpha value is -2.80. The van der Waals surface area contributed by atoms with Gasteiger partial charge in [-0.3, -0.25) is 14.8 Å². The standard InChI is InChI=1S/C21H15ClF4N2O/c22-15-8-14(9-16(23)10-15)18(11-17(29)7-13-3-1-5-27-12-13)20-19(21(24,25)26)4-2-6-28-20/h1-6,8-10,12,18H,7,11H2. The Labute approximate surface area is 169 Å². The molecule has 0 fully saturated rings. The van der Waals surface area contributed by atoms with E-state index in [1.165, 1.54) is 24.5 Å². The van der Waals surface area contributed by atoms with E-state index in [0.717, 1.165) is 18.2 Å². The molecule has 29 heavy (non-hydrogen) atoms. The third-order valence-corrected chi connectivity index (χ3v) is 4.54. The molecular weight excluding hydrogens is 408 g/mol. The molecule has 2 heterocycles. The van der Waals surface area contributed by atoms with Crippen molar-refractivity contribution in [2.45, 2.75) is 24.9 Å². The predicted octanol–water partition coefficient (Wildman–Crippen LogP) is 5.62. The van der Waals surface area contributed by atoms with Crippen molar-refractivity contribution in [2.75, 3.05) is 0 Å². The lowest BCUT2D eigenvalue weighted by Crippen LogP contribution is -2.18. The van der Waals surface area contributed by atoms with Gasteiger partial charge >= 0.3 is 6.18 Å². The zero-order valence-corrected chi connectivity index (χ0v) is 15.7. The van der Waals surface area contributed by atoms with Crippen molar-refractivity contribution in [2.24, 2.45) is 0 Å². The van der Waals surface area contributed by atoms with Crippen LogP contribution in [0.15, 0.2) is 61.1 Å². The summed E-state index contributed by atoms with van der Waals surface area (Å²) in [6.07, 6.45) is -0.714. The Balaban J connectivity index is 2.02. The quantitative estimate of drug-likeness (QED) is 0.484. The molecule has 3 aromatic rings. The number of rotatable bonds is 6. The fourth-order valence-corrected chi connectivity index (χ4v) is 3.34. The Morgan fingerprint density at radius 2 is 1.86 bits per heavy atom. The maximum absolute atomic E-state index is 13.9. The second-order valence-corrected chi connectivity index (χ2v) is 6.91. The molecule has 0 bridgehead atoms. The van der Waals surface area contributed by atoms with Gasteiger partial charge in [0.1, 0.15) is 11.6 Å². The van der Waals surface area contributed by atoms with Crippen LogP contribution in [0.25, 0.3) is 0 Å². The van der Waals surface area contributed by atoms with Crippen molar-refractivity contribution >= 4 is 17.4 Å². The average molecular weight is 423 g/mol. The molecule has 0 amide bonds. The molecule has 3 nitrogen and oxygen atoms in total. The fourth-order valence-electron chi connectivity index (χ4n) is 3.11. The summed E-state index contributed by atoms with van der Waals surface area (Å²) in [7, 11) is 0. The lowest BCUT2D eigenvalue weighted by Gasteiger charge is -2.21. The number of nitrogens with zero attached hydrogens (tertiary/aromatic N) is 2. The summed E-state index contributed by atoms with van der Waals surface area (Å²) in [6, 6.07) is 8.88. The number of Topliss-reactive ketones (excluding diaryl/α,β-unsaturated/α-hetero) is 1. The number of halogens is 5. The van der Waals surface area contributed by atoms with Gasteiger partial charge in [-0.05, 0) is 47.5 Å². The molecule has 1 unspecified atom stereocenters. The third kappa shape index (κ3) is 5.38. The van der Waals surface area contributed by atoms with Crippen LogP contribution in [0.5, 0.6) is 0 Å². The summed E-state index contributed by atoms with van der Waals surface area (Å²) < 4.78 is 54.5. The molecule has 1 aromatic carbocycles. The number of pyridine rings is 2. The van der Waals surface area contributed by atoms with Gasteiger partial charge in [0.2, 0.25) is 0 Å². The van der Waals surface area contributed by atoms with Crippen LogP contribution in [0.2, 0.25) is 5.02 Å². The topological polar surface area (TPSA) is 42.9 Å². The van der Waals surface area contributed by atoms with E-state index in [4.69, 9.17) is 11.6 Å². The van der Waals surface area contributed by atoms with E-state index < -0.39 is 23.5 Å². The summed E-state index contributed by atoms with van der Waals surface area (Å²) in [6.45, 7) is 0. The van der Waals surface area contributed by atoms with Crippen molar-refractivity contribution in [3.05, 3.63) is 94.3 Å². The molecule has 0 spiro atoms. The van der Waals surface area contributed by atoms with Crippen LogP contribution in [-0.2, 0) is 17.4 Å². The van der Waals surface area contributed by atoms with E-state index in [1.807, 2.05) is 0 Å². The molecule has 150 valence electrons. The van der Waals surface area contributed by atoms with E-state index in [0.29, 0.717) is 5.56 Å². The Kier molecular flexibility index (Phi) is 6.27. The maximum atomic E-state index is 13.9. The van der Waals surface area contributed by atoms with Crippen LogP contribution in [0.4, 0.5) is 17.6 Å². The fraction of sp³-hybridized carbons (Fsp3) is 0.190. The van der Waals surface area contributed by atoms with Crippen LogP contribution in [-0.4, -0.2) is 15.8 Å². The molecule has 0 aliphatic heterocycles. The highest BCUT2D eigenvalue weighted by Crippen LogP contribution is 2.38. The summed E-state index contributed by atoms with van der Waals surface area (Å²) in [5.41, 5.74) is -0.537. The number of hydrogen-bond donors (Lipinski definition) is 0. The van der Waals surface area contributed by atoms with Gasteiger partial charge in [0.05, 0.1) is 11.3 Å². The van der Waals surface area contributed by atoms with E-state index >= 15 is 0 Å². The molecule has 0 aliphatic rings. The molecular formula is C21H15ClF4N2O. The summed E-state index contributed by atoms with van der Waals surface area (Å²) in [5.74, 6) is -2.14. The number of ketones is 1. The van der Waals surface area contributed by atoms with Gasteiger partial charge in [0.25, 0.3) is 0 Å². The molecule has 0 saturated heterocycles. The minimum absolute atomic E-state index is 0.0123. The van der Waals surface area contributed by atoms with Crippen molar-refractivity contribution in [3.63, 3.8) is 0 Å². The molecule has 0 N–H and O–H groups in total. The Morgan fingerprint density at radius 3 is 2.52 bits per heavy atom. The van der Waals surface area contributed by atoms with Crippen molar-refractivity contribution < 1.29 is 22.4 Å². The van der Waals surface area contributed by atoms with Crippen LogP contribution in [0, 0.1) is 5.82 Å². The zero-order chi connectivity index (χ0) is 21.0. The van der Waals surface area contributed by atoms with Gasteiger partial charge in [-0.25, -0.2) is 4.39 Å². The first-order valence-corrected chi connectivity index (χ1v) is 9.00. The second-order valence-electron chi connectivity index (χ2n) is 6.47. The minimum atomic E-state index is -4.68. The number of carbonyl (C=O) groups excluding carboxylic acids is 1. The largest absolute Gasteiger partial charge is 0.418 e. The number of aromatic nitrogens is 2. The van der Waals surface area contributed by atoms with E-state index in [-0.39, 0.29) is 34.9 Å². The molecule has 2 aromatic heterocycles. The van der Waals surface area contributed by atoms with E-state index in [1.54, 1.807) is 18.3 Å². The molecule has 8 heteroatoms. The second kappa shape index (κ2) is 8.69. The van der Waals surface area contributed by atoms with Gasteiger partial charge in [0, 0.05) is 42.4 Å². The van der Waals surface area contributed by atoms with Gasteiger partial charge < -0.3 is 0 Å². The lowest BCUT2D eigenvalue weighted by atomic mass is 9.86. The predicted molar refractivity (Wildman–Crippen MR) is 100 cm³/mol.